The average Bonchev–Trinajstić information content (AvgIpc) is 2.88. The second kappa shape index (κ2) is 7.10. The minimum absolute atomic E-state index is 0.115. The molecule has 0 amide bonds. The van der Waals surface area contributed by atoms with Crippen LogP contribution in [0.15, 0.2) is 0 Å². The standard InChI is InChI=1S/C10H21B2O8P/c11-9-1-5(14)8(19-9)4-17-21(15,16)20-6-2-10(12)18-7(6)3-13/h5-10,13-14H,1-4,11-12H2,(H,15,16)/t5-,6-,7-,8-,9-,10-/m1/s1. The molecule has 1 unspecified atom stereocenters. The Bertz CT molecular complexity index is 399. The van der Waals surface area contributed by atoms with Crippen molar-refractivity contribution >= 4 is 23.5 Å². The van der Waals surface area contributed by atoms with Crippen molar-refractivity contribution in [1.82, 2.24) is 0 Å². The number of aliphatic hydroxyl groups is 2. The van der Waals surface area contributed by atoms with E-state index >= 15 is 0 Å². The number of ether oxygens (including phenoxy) is 2. The first kappa shape index (κ1) is 17.4. The van der Waals surface area contributed by atoms with Crippen LogP contribution in [0.5, 0.6) is 0 Å². The van der Waals surface area contributed by atoms with Gasteiger partial charge in [-0.15, -0.1) is 0 Å². The molecule has 2 rings (SSSR count). The summed E-state index contributed by atoms with van der Waals surface area (Å²) in [4.78, 5) is 9.72. The van der Waals surface area contributed by atoms with E-state index in [1.54, 1.807) is 15.7 Å². The zero-order chi connectivity index (χ0) is 15.6. The van der Waals surface area contributed by atoms with Gasteiger partial charge in [-0.3, -0.25) is 9.05 Å². The lowest BCUT2D eigenvalue weighted by Gasteiger charge is -2.22. The van der Waals surface area contributed by atoms with Gasteiger partial charge in [-0.2, -0.15) is 0 Å². The summed E-state index contributed by atoms with van der Waals surface area (Å²) in [5, 5.41) is 18.8. The first-order valence-electron chi connectivity index (χ1n) is 7.06. The molecular formula is C10H21B2O8P. The fraction of sp³-hybridized carbons (Fsp3) is 1.00. The highest BCUT2D eigenvalue weighted by molar-refractivity contribution is 7.47. The molecule has 0 saturated carbocycles. The van der Waals surface area contributed by atoms with Crippen molar-refractivity contribution in [2.75, 3.05) is 13.2 Å². The average molecular weight is 322 g/mol. The van der Waals surface area contributed by atoms with Gasteiger partial charge in [0.25, 0.3) is 0 Å². The summed E-state index contributed by atoms with van der Waals surface area (Å²) in [5.74, 6) is 0. The Kier molecular flexibility index (Phi) is 5.90. The third-order valence-electron chi connectivity index (χ3n) is 3.65. The van der Waals surface area contributed by atoms with Gasteiger partial charge >= 0.3 is 7.82 Å². The van der Waals surface area contributed by atoms with Gasteiger partial charge in [-0.25, -0.2) is 4.57 Å². The highest BCUT2D eigenvalue weighted by Gasteiger charge is 2.40. The second-order valence-electron chi connectivity index (χ2n) is 5.60. The first-order valence-corrected chi connectivity index (χ1v) is 8.56. The summed E-state index contributed by atoms with van der Waals surface area (Å²) in [6, 6.07) is -0.275. The third-order valence-corrected chi connectivity index (χ3v) is 4.66. The van der Waals surface area contributed by atoms with Crippen molar-refractivity contribution in [1.29, 1.82) is 0 Å². The van der Waals surface area contributed by atoms with Crippen LogP contribution in [0.3, 0.4) is 0 Å². The summed E-state index contributed by atoms with van der Waals surface area (Å²) in [6.45, 7) is -0.525. The van der Waals surface area contributed by atoms with Crippen molar-refractivity contribution in [2.24, 2.45) is 0 Å². The summed E-state index contributed by atoms with van der Waals surface area (Å²) >= 11 is 0. The predicted octanol–water partition coefficient (Wildman–Crippen LogP) is -2.66. The minimum atomic E-state index is -4.30. The molecule has 2 aliphatic heterocycles. The fourth-order valence-corrected chi connectivity index (χ4v) is 3.61. The van der Waals surface area contributed by atoms with E-state index in [9.17, 15) is 14.6 Å². The SMILES string of the molecule is B[C@H]1C[C@@H](O)[C@@H](COP(=O)(O)O[C@@H]2C[C@H](B)O[C@@H]2CO)O1. The molecule has 0 aromatic carbocycles. The van der Waals surface area contributed by atoms with Crippen LogP contribution in [0, 0.1) is 0 Å². The lowest BCUT2D eigenvalue weighted by atomic mass is 9.96. The molecule has 8 nitrogen and oxygen atoms in total. The molecule has 11 heteroatoms. The molecule has 3 N–H and O–H groups in total. The highest BCUT2D eigenvalue weighted by Crippen LogP contribution is 2.47. The molecule has 0 aliphatic carbocycles. The van der Waals surface area contributed by atoms with Crippen molar-refractivity contribution < 1.29 is 38.2 Å². The number of hydrogen-bond acceptors (Lipinski definition) is 7. The second-order valence-corrected chi connectivity index (χ2v) is 7.01. The van der Waals surface area contributed by atoms with Crippen LogP contribution in [0.25, 0.3) is 0 Å². The van der Waals surface area contributed by atoms with E-state index < -0.39 is 32.2 Å². The monoisotopic (exact) mass is 322 g/mol. The lowest BCUT2D eigenvalue weighted by molar-refractivity contribution is -0.0251. The molecule has 2 saturated heterocycles. The smallest absolute Gasteiger partial charge is 0.394 e. The van der Waals surface area contributed by atoms with E-state index in [0.717, 1.165) is 0 Å². The fourth-order valence-electron chi connectivity index (χ4n) is 2.65. The Hall–Kier alpha value is 0.0799. The zero-order valence-corrected chi connectivity index (χ0v) is 13.0. The molecule has 120 valence electrons. The third kappa shape index (κ3) is 4.77. The maximum absolute atomic E-state index is 11.9. The summed E-state index contributed by atoms with van der Waals surface area (Å²) < 4.78 is 32.6. The van der Waals surface area contributed by atoms with E-state index in [2.05, 4.69) is 0 Å². The van der Waals surface area contributed by atoms with Gasteiger partial charge < -0.3 is 24.6 Å². The summed E-state index contributed by atoms with van der Waals surface area (Å²) in [6.07, 6.45) is -1.84. The van der Waals surface area contributed by atoms with Gasteiger partial charge in [0.15, 0.2) is 0 Å². The molecule has 0 bridgehead atoms. The Morgan fingerprint density at radius 2 is 1.81 bits per heavy atom. The van der Waals surface area contributed by atoms with Crippen molar-refractivity contribution in [3.63, 3.8) is 0 Å². The van der Waals surface area contributed by atoms with E-state index in [1.807, 2.05) is 0 Å². The molecule has 2 heterocycles. The van der Waals surface area contributed by atoms with Crippen LogP contribution in [-0.2, 0) is 23.1 Å². The molecule has 21 heavy (non-hydrogen) atoms. The molecule has 0 radical (unpaired) electrons. The highest BCUT2D eigenvalue weighted by atomic mass is 31.2. The van der Waals surface area contributed by atoms with Gasteiger partial charge in [-0.1, -0.05) is 0 Å². The van der Waals surface area contributed by atoms with Crippen LogP contribution in [0.2, 0.25) is 0 Å². The molecule has 2 fully saturated rings. The summed E-state index contributed by atoms with van der Waals surface area (Å²) in [5.41, 5.74) is 0. The van der Waals surface area contributed by atoms with Gasteiger partial charge in [0.2, 0.25) is 0 Å². The van der Waals surface area contributed by atoms with E-state index in [4.69, 9.17) is 23.6 Å². The lowest BCUT2D eigenvalue weighted by Crippen LogP contribution is -2.29. The van der Waals surface area contributed by atoms with Crippen LogP contribution in [0.1, 0.15) is 12.8 Å². The van der Waals surface area contributed by atoms with Gasteiger partial charge in [0, 0.05) is 12.0 Å². The zero-order valence-electron chi connectivity index (χ0n) is 12.1. The maximum atomic E-state index is 11.9. The van der Waals surface area contributed by atoms with E-state index in [1.165, 1.54) is 0 Å². The predicted molar refractivity (Wildman–Crippen MR) is 77.4 cm³/mol. The molecular weight excluding hydrogens is 301 g/mol. The minimum Gasteiger partial charge on any atom is -0.394 e. The molecule has 7 atom stereocenters. The quantitative estimate of drug-likeness (QED) is 0.359. The topological polar surface area (TPSA) is 115 Å². The normalized spacial score (nSPS) is 43.0. The Morgan fingerprint density at radius 3 is 2.38 bits per heavy atom. The van der Waals surface area contributed by atoms with Crippen LogP contribution < -0.4 is 0 Å². The number of phosphoric ester groups is 1. The number of hydrogen-bond donors (Lipinski definition) is 3. The van der Waals surface area contributed by atoms with E-state index in [0.29, 0.717) is 12.8 Å². The Balaban J connectivity index is 1.83. The van der Waals surface area contributed by atoms with Crippen LogP contribution in [-0.4, -0.2) is 80.4 Å². The van der Waals surface area contributed by atoms with Crippen molar-refractivity contribution in [2.45, 2.75) is 49.3 Å². The van der Waals surface area contributed by atoms with E-state index in [-0.39, 0.29) is 25.2 Å². The Labute approximate surface area is 125 Å². The van der Waals surface area contributed by atoms with Gasteiger partial charge in [0.05, 0.1) is 25.4 Å². The number of rotatable bonds is 6. The number of phosphoric acid groups is 1. The summed E-state index contributed by atoms with van der Waals surface area (Å²) in [7, 11) is -0.702. The molecule has 2 aliphatic rings. The van der Waals surface area contributed by atoms with Gasteiger partial charge in [0.1, 0.15) is 27.9 Å². The first-order chi connectivity index (χ1) is 9.80. The Morgan fingerprint density at radius 1 is 1.19 bits per heavy atom. The van der Waals surface area contributed by atoms with Crippen molar-refractivity contribution in [3.8, 4) is 0 Å². The maximum Gasteiger partial charge on any atom is 0.472 e. The molecule has 0 spiro atoms. The van der Waals surface area contributed by atoms with Gasteiger partial charge in [-0.05, 0) is 12.8 Å². The molecule has 0 aromatic heterocycles. The molecule has 0 aromatic rings. The number of aliphatic hydroxyl groups excluding tert-OH is 2. The van der Waals surface area contributed by atoms with Crippen molar-refractivity contribution in [3.05, 3.63) is 0 Å². The van der Waals surface area contributed by atoms with Crippen LogP contribution >= 0.6 is 7.82 Å². The largest absolute Gasteiger partial charge is 0.472 e. The van der Waals surface area contributed by atoms with Crippen LogP contribution in [0.4, 0.5) is 0 Å².